The van der Waals surface area contributed by atoms with Crippen LogP contribution in [0.1, 0.15) is 66.5 Å². The van der Waals surface area contributed by atoms with Gasteiger partial charge in [0.2, 0.25) is 11.8 Å². The second-order valence-corrected chi connectivity index (χ2v) is 14.5. The van der Waals surface area contributed by atoms with Crippen molar-refractivity contribution in [1.82, 2.24) is 30.0 Å². The van der Waals surface area contributed by atoms with Crippen LogP contribution in [0.3, 0.4) is 0 Å². The first-order valence-electron chi connectivity index (χ1n) is 16.7. The van der Waals surface area contributed by atoms with Gasteiger partial charge in [-0.1, -0.05) is 18.2 Å². The van der Waals surface area contributed by atoms with Crippen LogP contribution in [-0.4, -0.2) is 54.7 Å². The third-order valence-electron chi connectivity index (χ3n) is 10.4. The largest absolute Gasteiger partial charge is 0.356 e. The number of anilines is 1. The molecule has 49 heavy (non-hydrogen) atoms. The third-order valence-corrected chi connectivity index (χ3v) is 10.8. The van der Waals surface area contributed by atoms with Crippen molar-refractivity contribution in [3.8, 4) is 11.1 Å². The summed E-state index contributed by atoms with van der Waals surface area (Å²) in [5, 5.41) is 11.5. The molecule has 2 N–H and O–H groups in total. The zero-order valence-corrected chi connectivity index (χ0v) is 29.3. The summed E-state index contributed by atoms with van der Waals surface area (Å²) in [6.07, 6.45) is 11.3. The number of halogens is 1. The van der Waals surface area contributed by atoms with Crippen molar-refractivity contribution in [2.75, 3.05) is 11.9 Å². The molecule has 2 aliphatic carbocycles. The quantitative estimate of drug-likeness (QED) is 0.154. The molecule has 0 spiro atoms. The topological polar surface area (TPSA) is 149 Å². The summed E-state index contributed by atoms with van der Waals surface area (Å²) in [6.45, 7) is 5.52. The monoisotopic (exact) mass is 723 g/mol. The fourth-order valence-corrected chi connectivity index (χ4v) is 8.06. The van der Waals surface area contributed by atoms with Gasteiger partial charge in [-0.25, -0.2) is 15.0 Å². The average molecular weight is 725 g/mol. The minimum Gasteiger partial charge on any atom is -0.356 e. The van der Waals surface area contributed by atoms with Gasteiger partial charge in [-0.05, 0) is 108 Å². The molecular weight excluding hydrogens is 686 g/mol. The number of nitrogens with zero attached hydrogens (tertiary/aromatic N) is 5. The van der Waals surface area contributed by atoms with Gasteiger partial charge in [0.1, 0.15) is 28.5 Å². The Morgan fingerprint density at radius 3 is 2.63 bits per heavy atom. The van der Waals surface area contributed by atoms with Crippen LogP contribution >= 0.6 is 15.9 Å². The number of hydrogen-bond acceptors (Lipinski definition) is 8. The van der Waals surface area contributed by atoms with E-state index in [9.17, 15) is 19.2 Å². The smallest absolute Gasteiger partial charge is 0.229 e. The first-order valence-corrected chi connectivity index (χ1v) is 17.5. The lowest BCUT2D eigenvalue weighted by Crippen LogP contribution is -2.35. The number of aromatic nitrogens is 5. The molecule has 1 unspecified atom stereocenters. The lowest BCUT2D eigenvalue weighted by atomic mass is 9.86. The highest BCUT2D eigenvalue weighted by Crippen LogP contribution is 2.68. The SMILES string of the molecule is CC(=O)c1nn2c3c(cc(-c4cnc(C)nc4)cc13)C/C=C/CCCC(=O)NC[C@@]13C[C@@H](C(=O)Nc4nc(Br)ccc4C)C(C(=O)C2)[C@@H]1C3. The highest BCUT2D eigenvalue weighted by molar-refractivity contribution is 9.10. The standard InChI is InChI=1S/C37H38BrN7O4/c1-20-10-11-30(38)42-35(20)43-36(49)27-14-37-15-28(37)32(27)29(47)18-45-34-23(8-6-4-5-7-9-31(48)41-19-37)12-24(25-16-39-22(3)40-17-25)13-26(34)33(44-45)21(2)46/h4,6,10-13,16-17,27-28,32H,5,7-9,14-15,18-19H2,1-3H3,(H,41,48)(H,42,43,49)/b6-4+/t27-,28+,32?,37+/m1/s1. The number of benzene rings is 1. The molecule has 11 nitrogen and oxygen atoms in total. The van der Waals surface area contributed by atoms with E-state index in [2.05, 4.69) is 53.7 Å². The number of pyridine rings is 1. The predicted octanol–water partition coefficient (Wildman–Crippen LogP) is 5.72. The molecule has 2 saturated carbocycles. The Kier molecular flexibility index (Phi) is 8.76. The Morgan fingerprint density at radius 2 is 1.86 bits per heavy atom. The Bertz CT molecular complexity index is 2040. The zero-order chi connectivity index (χ0) is 34.4. The molecular formula is C37H38BrN7O4. The van der Waals surface area contributed by atoms with E-state index in [0.29, 0.717) is 53.9 Å². The summed E-state index contributed by atoms with van der Waals surface area (Å²) in [6, 6.07) is 7.64. The molecule has 4 heterocycles. The van der Waals surface area contributed by atoms with Gasteiger partial charge in [-0.15, -0.1) is 0 Å². The van der Waals surface area contributed by atoms with Crippen molar-refractivity contribution in [2.45, 2.75) is 65.8 Å². The number of hydrogen-bond donors (Lipinski definition) is 2. The number of rotatable bonds is 4. The predicted molar refractivity (Wildman–Crippen MR) is 188 cm³/mol. The average Bonchev–Trinajstić information content (AvgIpc) is 3.48. The molecule has 3 aliphatic rings. The van der Waals surface area contributed by atoms with E-state index in [1.807, 2.05) is 38.1 Å². The van der Waals surface area contributed by atoms with E-state index in [0.717, 1.165) is 40.6 Å². The molecule has 2 bridgehead atoms. The van der Waals surface area contributed by atoms with Crippen molar-refractivity contribution in [3.63, 3.8) is 0 Å². The number of allylic oxidation sites excluding steroid dienone is 2. The summed E-state index contributed by atoms with van der Waals surface area (Å²) in [7, 11) is 0. The molecule has 0 saturated heterocycles. The normalized spacial score (nSPS) is 24.5. The minimum atomic E-state index is -0.605. The highest BCUT2D eigenvalue weighted by Gasteiger charge is 2.68. The summed E-state index contributed by atoms with van der Waals surface area (Å²) in [5.41, 5.74) is 4.05. The van der Waals surface area contributed by atoms with Crippen molar-refractivity contribution in [3.05, 3.63) is 76.1 Å². The summed E-state index contributed by atoms with van der Waals surface area (Å²) < 4.78 is 2.25. The van der Waals surface area contributed by atoms with E-state index in [4.69, 9.17) is 5.10 Å². The maximum Gasteiger partial charge on any atom is 0.229 e. The Balaban J connectivity index is 1.30. The molecule has 3 aromatic heterocycles. The fraction of sp³-hybridized carbons (Fsp3) is 0.405. The maximum absolute atomic E-state index is 14.5. The molecule has 1 aliphatic heterocycles. The van der Waals surface area contributed by atoms with Crippen LogP contribution in [0.25, 0.3) is 22.0 Å². The molecule has 2 fully saturated rings. The summed E-state index contributed by atoms with van der Waals surface area (Å²) >= 11 is 3.39. The highest BCUT2D eigenvalue weighted by atomic mass is 79.9. The van der Waals surface area contributed by atoms with Crippen LogP contribution in [0.4, 0.5) is 5.82 Å². The molecule has 2 amide bonds. The van der Waals surface area contributed by atoms with Crippen LogP contribution < -0.4 is 10.6 Å². The number of carbonyl (C=O) groups is 4. The van der Waals surface area contributed by atoms with Crippen LogP contribution in [0.2, 0.25) is 0 Å². The van der Waals surface area contributed by atoms with Gasteiger partial charge >= 0.3 is 0 Å². The molecule has 12 heteroatoms. The molecule has 7 rings (SSSR count). The zero-order valence-electron chi connectivity index (χ0n) is 27.8. The molecule has 1 aromatic carbocycles. The number of amides is 2. The van der Waals surface area contributed by atoms with Crippen LogP contribution in [0.15, 0.2) is 53.4 Å². The van der Waals surface area contributed by atoms with Gasteiger partial charge < -0.3 is 10.6 Å². The van der Waals surface area contributed by atoms with Crippen LogP contribution in [0.5, 0.6) is 0 Å². The van der Waals surface area contributed by atoms with Gasteiger partial charge in [0, 0.05) is 55.1 Å². The summed E-state index contributed by atoms with van der Waals surface area (Å²) in [5.74, 6) is -0.729. The van der Waals surface area contributed by atoms with Crippen LogP contribution in [0, 0.1) is 37.0 Å². The van der Waals surface area contributed by atoms with Crippen molar-refractivity contribution in [1.29, 1.82) is 0 Å². The first-order chi connectivity index (χ1) is 23.5. The maximum atomic E-state index is 14.5. The summed E-state index contributed by atoms with van der Waals surface area (Å²) in [4.78, 5) is 67.5. The van der Waals surface area contributed by atoms with E-state index in [1.54, 1.807) is 17.1 Å². The lowest BCUT2D eigenvalue weighted by molar-refractivity contribution is -0.131. The molecule has 0 radical (unpaired) electrons. The molecule has 4 aromatic rings. The van der Waals surface area contributed by atoms with Gasteiger partial charge in [0.25, 0.3) is 0 Å². The van der Waals surface area contributed by atoms with Crippen molar-refractivity contribution in [2.24, 2.45) is 23.2 Å². The first kappa shape index (κ1) is 32.9. The number of ketones is 2. The molecule has 4 atom stereocenters. The minimum absolute atomic E-state index is 0.0193. The number of aryl methyl sites for hydroxylation is 2. The van der Waals surface area contributed by atoms with Gasteiger partial charge in [0.05, 0.1) is 5.52 Å². The van der Waals surface area contributed by atoms with E-state index in [1.165, 1.54) is 6.92 Å². The van der Waals surface area contributed by atoms with Crippen LogP contribution in [-0.2, 0) is 27.3 Å². The Hall–Kier alpha value is -4.58. The van der Waals surface area contributed by atoms with E-state index < -0.39 is 11.8 Å². The Morgan fingerprint density at radius 1 is 1.06 bits per heavy atom. The number of nitrogens with one attached hydrogen (secondary N) is 2. The fourth-order valence-electron chi connectivity index (χ4n) is 7.76. The lowest BCUT2D eigenvalue weighted by Gasteiger charge is -2.22. The van der Waals surface area contributed by atoms with Gasteiger partial charge in [-0.2, -0.15) is 5.10 Å². The second-order valence-electron chi connectivity index (χ2n) is 13.7. The van der Waals surface area contributed by atoms with Crippen molar-refractivity contribution < 1.29 is 19.2 Å². The second kappa shape index (κ2) is 13.0. The van der Waals surface area contributed by atoms with Gasteiger partial charge in [-0.3, -0.25) is 23.9 Å². The number of Topliss-reactive ketones (excluding diaryl/α,β-unsaturated/α-hetero) is 2. The Labute approximate surface area is 292 Å². The molecule has 252 valence electrons. The van der Waals surface area contributed by atoms with Gasteiger partial charge in [0.15, 0.2) is 11.6 Å². The van der Waals surface area contributed by atoms with E-state index >= 15 is 0 Å². The number of carbonyl (C=O) groups excluding carboxylic acids is 4. The van der Waals surface area contributed by atoms with Crippen molar-refractivity contribution >= 4 is 56.0 Å². The van der Waals surface area contributed by atoms with E-state index in [-0.39, 0.29) is 47.0 Å². The third kappa shape index (κ3) is 6.46.